The van der Waals surface area contributed by atoms with E-state index in [0.29, 0.717) is 19.3 Å². The molecule has 1 unspecified atom stereocenters. The van der Waals surface area contributed by atoms with Crippen LogP contribution in [0.25, 0.3) is 0 Å². The topological polar surface area (TPSA) is 116 Å². The average Bonchev–Trinajstić information content (AvgIpc) is 2.30. The van der Waals surface area contributed by atoms with Gasteiger partial charge in [0.25, 0.3) is 0 Å². The maximum atomic E-state index is 11.1. The molecule has 106 valence electrons. The largest absolute Gasteiger partial charge is 0.480 e. The second-order valence-corrected chi connectivity index (χ2v) is 4.72. The summed E-state index contributed by atoms with van der Waals surface area (Å²) in [4.78, 5) is 11.1. The number of aliphatic carboxylic acids is 1. The van der Waals surface area contributed by atoms with Crippen molar-refractivity contribution >= 4 is 13.1 Å². The van der Waals surface area contributed by atoms with Crippen molar-refractivity contribution < 1.29 is 19.9 Å². The number of rotatable bonds is 11. The van der Waals surface area contributed by atoms with Gasteiger partial charge in [0.15, 0.2) is 0 Å². The summed E-state index contributed by atoms with van der Waals surface area (Å²) in [6, 6.07) is 0. The van der Waals surface area contributed by atoms with Crippen molar-refractivity contribution in [2.24, 2.45) is 5.73 Å². The first-order valence-electron chi connectivity index (χ1n) is 6.51. The number of hydrogen-bond donors (Lipinski definition) is 5. The highest BCUT2D eigenvalue weighted by molar-refractivity contribution is 6.40. The van der Waals surface area contributed by atoms with Crippen LogP contribution in [0.2, 0.25) is 6.32 Å². The van der Waals surface area contributed by atoms with Gasteiger partial charge in [-0.05, 0) is 25.7 Å². The van der Waals surface area contributed by atoms with Crippen molar-refractivity contribution in [3.8, 4) is 0 Å². The van der Waals surface area contributed by atoms with E-state index in [1.807, 2.05) is 0 Å². The standard InChI is InChI=1S/C11H25BN2O4/c1-2-3-8-14-9-11(13,10(15)16)6-4-5-7-12(17)18/h14,17-18H,2-9,13H2,1H3,(H,15,16). The van der Waals surface area contributed by atoms with Crippen LogP contribution in [0.15, 0.2) is 0 Å². The van der Waals surface area contributed by atoms with Gasteiger partial charge in [-0.25, -0.2) is 0 Å². The summed E-state index contributed by atoms with van der Waals surface area (Å²) in [5.41, 5.74) is 4.58. The summed E-state index contributed by atoms with van der Waals surface area (Å²) < 4.78 is 0. The van der Waals surface area contributed by atoms with Gasteiger partial charge in [-0.1, -0.05) is 26.2 Å². The van der Waals surface area contributed by atoms with E-state index in [4.69, 9.17) is 20.9 Å². The highest BCUT2D eigenvalue weighted by Gasteiger charge is 2.32. The number of nitrogens with two attached hydrogens (primary N) is 1. The summed E-state index contributed by atoms with van der Waals surface area (Å²) in [5, 5.41) is 29.6. The Kier molecular flexibility index (Phi) is 9.00. The monoisotopic (exact) mass is 260 g/mol. The van der Waals surface area contributed by atoms with Crippen LogP contribution in [-0.2, 0) is 4.79 Å². The van der Waals surface area contributed by atoms with Gasteiger partial charge >= 0.3 is 13.1 Å². The predicted molar refractivity (Wildman–Crippen MR) is 71.2 cm³/mol. The van der Waals surface area contributed by atoms with E-state index in [9.17, 15) is 4.79 Å². The molecule has 0 aliphatic rings. The van der Waals surface area contributed by atoms with Crippen molar-refractivity contribution in [3.63, 3.8) is 0 Å². The summed E-state index contributed by atoms with van der Waals surface area (Å²) in [6.07, 6.45) is 3.74. The third kappa shape index (κ3) is 7.65. The normalized spacial score (nSPS) is 14.2. The summed E-state index contributed by atoms with van der Waals surface area (Å²) in [6.45, 7) is 3.07. The number of carbonyl (C=O) groups is 1. The summed E-state index contributed by atoms with van der Waals surface area (Å²) >= 11 is 0. The quantitative estimate of drug-likeness (QED) is 0.259. The Hall–Kier alpha value is -0.625. The Morgan fingerprint density at radius 3 is 2.50 bits per heavy atom. The van der Waals surface area contributed by atoms with Gasteiger partial charge in [0.2, 0.25) is 0 Å². The van der Waals surface area contributed by atoms with Gasteiger partial charge in [0.1, 0.15) is 5.54 Å². The third-order valence-corrected chi connectivity index (χ3v) is 2.91. The van der Waals surface area contributed by atoms with Gasteiger partial charge in [0, 0.05) is 6.54 Å². The molecule has 1 atom stereocenters. The highest BCUT2D eigenvalue weighted by Crippen LogP contribution is 2.13. The second-order valence-electron chi connectivity index (χ2n) is 4.72. The third-order valence-electron chi connectivity index (χ3n) is 2.91. The number of unbranched alkanes of at least 4 members (excludes halogenated alkanes) is 2. The van der Waals surface area contributed by atoms with E-state index in [0.717, 1.165) is 19.4 Å². The predicted octanol–water partition coefficient (Wildman–Crippen LogP) is -0.199. The lowest BCUT2D eigenvalue weighted by Gasteiger charge is -2.25. The number of hydrogen-bond acceptors (Lipinski definition) is 5. The molecule has 0 rings (SSSR count). The van der Waals surface area contributed by atoms with Gasteiger partial charge in [-0.3, -0.25) is 4.79 Å². The van der Waals surface area contributed by atoms with Crippen LogP contribution in [0.4, 0.5) is 0 Å². The summed E-state index contributed by atoms with van der Waals surface area (Å²) in [5.74, 6) is -1.02. The minimum Gasteiger partial charge on any atom is -0.480 e. The average molecular weight is 260 g/mol. The molecule has 6 nitrogen and oxygen atoms in total. The molecule has 6 N–H and O–H groups in total. The van der Waals surface area contributed by atoms with Crippen LogP contribution in [0, 0.1) is 0 Å². The van der Waals surface area contributed by atoms with Crippen LogP contribution in [0.1, 0.15) is 39.0 Å². The van der Waals surface area contributed by atoms with Gasteiger partial charge in [-0.15, -0.1) is 0 Å². The van der Waals surface area contributed by atoms with Gasteiger partial charge < -0.3 is 26.2 Å². The molecule has 0 fully saturated rings. The summed E-state index contributed by atoms with van der Waals surface area (Å²) in [7, 11) is -1.33. The van der Waals surface area contributed by atoms with Crippen LogP contribution < -0.4 is 11.1 Å². The Morgan fingerprint density at radius 1 is 1.33 bits per heavy atom. The lowest BCUT2D eigenvalue weighted by atomic mass is 9.82. The maximum absolute atomic E-state index is 11.1. The molecule has 0 heterocycles. The SMILES string of the molecule is CCCCNCC(N)(CCCCB(O)O)C(=O)O. The van der Waals surface area contributed by atoms with E-state index in [-0.39, 0.29) is 12.9 Å². The highest BCUT2D eigenvalue weighted by atomic mass is 16.4. The number of nitrogens with one attached hydrogen (secondary N) is 1. The van der Waals surface area contributed by atoms with Crippen molar-refractivity contribution in [1.82, 2.24) is 5.32 Å². The molecule has 0 saturated carbocycles. The maximum Gasteiger partial charge on any atom is 0.451 e. The van der Waals surface area contributed by atoms with Crippen molar-refractivity contribution in [3.05, 3.63) is 0 Å². The van der Waals surface area contributed by atoms with Gasteiger partial charge in [-0.2, -0.15) is 0 Å². The molecule has 0 aromatic heterocycles. The molecule has 0 bridgehead atoms. The van der Waals surface area contributed by atoms with E-state index in [2.05, 4.69) is 12.2 Å². The minimum atomic E-state index is -1.33. The fourth-order valence-electron chi connectivity index (χ4n) is 1.65. The first kappa shape index (κ1) is 17.4. The van der Waals surface area contributed by atoms with E-state index < -0.39 is 18.6 Å². The first-order chi connectivity index (χ1) is 8.42. The molecule has 0 aromatic rings. The molecular weight excluding hydrogens is 235 g/mol. The lowest BCUT2D eigenvalue weighted by Crippen LogP contribution is -2.55. The van der Waals surface area contributed by atoms with E-state index >= 15 is 0 Å². The van der Waals surface area contributed by atoms with Gasteiger partial charge in [0.05, 0.1) is 0 Å². The molecular formula is C11H25BN2O4. The second kappa shape index (κ2) is 9.32. The fraction of sp³-hybridized carbons (Fsp3) is 0.909. The smallest absolute Gasteiger partial charge is 0.451 e. The van der Waals surface area contributed by atoms with Crippen molar-refractivity contribution in [2.45, 2.75) is 50.9 Å². The Balaban J connectivity index is 3.98. The molecule has 0 radical (unpaired) electrons. The molecule has 0 saturated heterocycles. The molecule has 0 aliphatic heterocycles. The molecule has 7 heteroatoms. The van der Waals surface area contributed by atoms with Crippen molar-refractivity contribution in [1.29, 1.82) is 0 Å². The van der Waals surface area contributed by atoms with E-state index in [1.165, 1.54) is 0 Å². The molecule has 0 aliphatic carbocycles. The van der Waals surface area contributed by atoms with Crippen LogP contribution in [0.3, 0.4) is 0 Å². The number of carboxylic acids is 1. The zero-order chi connectivity index (χ0) is 14.0. The Morgan fingerprint density at radius 2 is 2.00 bits per heavy atom. The Bertz CT molecular complexity index is 241. The Labute approximate surface area is 109 Å². The molecule has 0 amide bonds. The minimum absolute atomic E-state index is 0.240. The zero-order valence-corrected chi connectivity index (χ0v) is 11.1. The first-order valence-corrected chi connectivity index (χ1v) is 6.51. The van der Waals surface area contributed by atoms with E-state index in [1.54, 1.807) is 0 Å². The van der Waals surface area contributed by atoms with Crippen LogP contribution in [-0.4, -0.2) is 46.9 Å². The lowest BCUT2D eigenvalue weighted by molar-refractivity contribution is -0.143. The molecule has 0 spiro atoms. The molecule has 0 aromatic carbocycles. The van der Waals surface area contributed by atoms with Crippen LogP contribution >= 0.6 is 0 Å². The zero-order valence-electron chi connectivity index (χ0n) is 11.1. The number of carboxylic acid groups (broad SMARTS) is 1. The van der Waals surface area contributed by atoms with Crippen LogP contribution in [0.5, 0.6) is 0 Å². The van der Waals surface area contributed by atoms with Crippen molar-refractivity contribution in [2.75, 3.05) is 13.1 Å². The molecule has 18 heavy (non-hydrogen) atoms. The fourth-order valence-corrected chi connectivity index (χ4v) is 1.65.